The molecule has 18 heavy (non-hydrogen) atoms. The zero-order valence-corrected chi connectivity index (χ0v) is 10.6. The van der Waals surface area contributed by atoms with Crippen molar-refractivity contribution in [1.82, 2.24) is 10.6 Å². The lowest BCUT2D eigenvalue weighted by Gasteiger charge is -2.25. The van der Waals surface area contributed by atoms with Crippen molar-refractivity contribution in [2.75, 3.05) is 13.1 Å². The number of rotatable bonds is 4. The Morgan fingerprint density at radius 2 is 2.17 bits per heavy atom. The molecule has 2 rings (SSSR count). The SMILES string of the molecule is CCC1(C(=O)NCc2ccc(F)cc2)CCNC1. The topological polar surface area (TPSA) is 41.1 Å². The standard InChI is InChI=1S/C14H19FN2O/c1-2-14(7-8-16-10-14)13(18)17-9-11-3-5-12(15)6-4-11/h3-6,16H,2,7-10H2,1H3,(H,17,18). The molecule has 1 aliphatic rings. The highest BCUT2D eigenvalue weighted by atomic mass is 19.1. The first-order valence-corrected chi connectivity index (χ1v) is 6.40. The molecule has 0 bridgehead atoms. The van der Waals surface area contributed by atoms with Gasteiger partial charge in [-0.2, -0.15) is 0 Å². The lowest BCUT2D eigenvalue weighted by atomic mass is 9.83. The van der Waals surface area contributed by atoms with Crippen LogP contribution in [0.4, 0.5) is 4.39 Å². The molecule has 1 fully saturated rings. The van der Waals surface area contributed by atoms with Gasteiger partial charge in [-0.3, -0.25) is 4.79 Å². The molecule has 1 amide bonds. The molecule has 4 heteroatoms. The molecule has 1 heterocycles. The smallest absolute Gasteiger partial charge is 0.227 e. The van der Waals surface area contributed by atoms with Crippen LogP contribution in [0.25, 0.3) is 0 Å². The number of hydrogen-bond donors (Lipinski definition) is 2. The Balaban J connectivity index is 1.93. The van der Waals surface area contributed by atoms with Crippen molar-refractivity contribution in [3.63, 3.8) is 0 Å². The van der Waals surface area contributed by atoms with Crippen molar-refractivity contribution in [2.45, 2.75) is 26.3 Å². The minimum atomic E-state index is -0.264. The monoisotopic (exact) mass is 250 g/mol. The Morgan fingerprint density at radius 3 is 2.72 bits per heavy atom. The van der Waals surface area contributed by atoms with Gasteiger partial charge in [-0.05, 0) is 37.1 Å². The summed E-state index contributed by atoms with van der Waals surface area (Å²) in [4.78, 5) is 12.2. The summed E-state index contributed by atoms with van der Waals surface area (Å²) in [6, 6.07) is 6.21. The van der Waals surface area contributed by atoms with Gasteiger partial charge in [-0.25, -0.2) is 4.39 Å². The quantitative estimate of drug-likeness (QED) is 0.856. The van der Waals surface area contributed by atoms with Crippen molar-refractivity contribution in [1.29, 1.82) is 0 Å². The van der Waals surface area contributed by atoms with Crippen molar-refractivity contribution in [3.8, 4) is 0 Å². The molecule has 1 saturated heterocycles. The fraction of sp³-hybridized carbons (Fsp3) is 0.500. The van der Waals surface area contributed by atoms with E-state index in [2.05, 4.69) is 10.6 Å². The number of benzene rings is 1. The van der Waals surface area contributed by atoms with E-state index in [0.29, 0.717) is 6.54 Å². The van der Waals surface area contributed by atoms with Crippen LogP contribution in [0, 0.1) is 11.2 Å². The lowest BCUT2D eigenvalue weighted by molar-refractivity contribution is -0.130. The van der Waals surface area contributed by atoms with Crippen LogP contribution in [-0.2, 0) is 11.3 Å². The molecule has 0 spiro atoms. The van der Waals surface area contributed by atoms with Crippen LogP contribution in [-0.4, -0.2) is 19.0 Å². The average molecular weight is 250 g/mol. The van der Waals surface area contributed by atoms with Gasteiger partial charge >= 0.3 is 0 Å². The molecule has 1 aliphatic heterocycles. The van der Waals surface area contributed by atoms with Crippen molar-refractivity contribution in [2.24, 2.45) is 5.41 Å². The summed E-state index contributed by atoms with van der Waals surface area (Å²) in [5.41, 5.74) is 0.655. The molecule has 1 unspecified atom stereocenters. The fourth-order valence-corrected chi connectivity index (χ4v) is 2.37. The van der Waals surface area contributed by atoms with E-state index in [1.165, 1.54) is 12.1 Å². The van der Waals surface area contributed by atoms with Crippen LogP contribution in [0.2, 0.25) is 0 Å². The zero-order chi connectivity index (χ0) is 13.0. The van der Waals surface area contributed by atoms with Gasteiger partial charge < -0.3 is 10.6 Å². The zero-order valence-electron chi connectivity index (χ0n) is 10.6. The largest absolute Gasteiger partial charge is 0.352 e. The van der Waals surface area contributed by atoms with Crippen LogP contribution in [0.5, 0.6) is 0 Å². The van der Waals surface area contributed by atoms with E-state index in [-0.39, 0.29) is 17.1 Å². The normalized spacial score (nSPS) is 23.0. The molecule has 98 valence electrons. The minimum Gasteiger partial charge on any atom is -0.352 e. The summed E-state index contributed by atoms with van der Waals surface area (Å²) < 4.78 is 12.8. The van der Waals surface area contributed by atoms with E-state index < -0.39 is 0 Å². The highest BCUT2D eigenvalue weighted by Crippen LogP contribution is 2.29. The van der Waals surface area contributed by atoms with Gasteiger partial charge in [0.2, 0.25) is 5.91 Å². The molecule has 1 aromatic carbocycles. The fourth-order valence-electron chi connectivity index (χ4n) is 2.37. The van der Waals surface area contributed by atoms with Crippen molar-refractivity contribution >= 4 is 5.91 Å². The molecule has 0 aromatic heterocycles. The molecule has 3 nitrogen and oxygen atoms in total. The Morgan fingerprint density at radius 1 is 1.44 bits per heavy atom. The number of carbonyl (C=O) groups is 1. The first kappa shape index (κ1) is 13.0. The first-order chi connectivity index (χ1) is 8.66. The number of carbonyl (C=O) groups excluding carboxylic acids is 1. The third-order valence-corrected chi connectivity index (χ3v) is 3.77. The van der Waals surface area contributed by atoms with Gasteiger partial charge in [0.15, 0.2) is 0 Å². The molecule has 0 aliphatic carbocycles. The van der Waals surface area contributed by atoms with E-state index in [9.17, 15) is 9.18 Å². The summed E-state index contributed by atoms with van der Waals surface area (Å²) in [5, 5.41) is 6.19. The Labute approximate surface area is 107 Å². The van der Waals surface area contributed by atoms with E-state index in [1.54, 1.807) is 12.1 Å². The molecule has 2 N–H and O–H groups in total. The maximum absolute atomic E-state index is 12.8. The first-order valence-electron chi connectivity index (χ1n) is 6.40. The second-order valence-electron chi connectivity index (χ2n) is 4.87. The van der Waals surface area contributed by atoms with Gasteiger partial charge in [-0.15, -0.1) is 0 Å². The van der Waals surface area contributed by atoms with Crippen LogP contribution in [0.15, 0.2) is 24.3 Å². The van der Waals surface area contributed by atoms with E-state index >= 15 is 0 Å². The van der Waals surface area contributed by atoms with E-state index in [1.807, 2.05) is 6.92 Å². The summed E-state index contributed by atoms with van der Waals surface area (Å²) in [6.07, 6.45) is 1.73. The van der Waals surface area contributed by atoms with E-state index in [4.69, 9.17) is 0 Å². The van der Waals surface area contributed by atoms with Gasteiger partial charge in [0, 0.05) is 13.1 Å². The van der Waals surface area contributed by atoms with Crippen molar-refractivity contribution < 1.29 is 9.18 Å². The third kappa shape index (κ3) is 2.70. The predicted molar refractivity (Wildman–Crippen MR) is 68.5 cm³/mol. The molecule has 0 saturated carbocycles. The third-order valence-electron chi connectivity index (χ3n) is 3.77. The molecule has 1 aromatic rings. The number of amides is 1. The lowest BCUT2D eigenvalue weighted by Crippen LogP contribution is -2.41. The predicted octanol–water partition coefficient (Wildman–Crippen LogP) is 1.83. The number of halogens is 1. The van der Waals surface area contributed by atoms with Gasteiger partial charge in [0.05, 0.1) is 5.41 Å². The molecular weight excluding hydrogens is 231 g/mol. The van der Waals surface area contributed by atoms with Crippen LogP contribution in [0.1, 0.15) is 25.3 Å². The molecule has 1 atom stereocenters. The van der Waals surface area contributed by atoms with Crippen molar-refractivity contribution in [3.05, 3.63) is 35.6 Å². The molecular formula is C14H19FN2O. The Bertz CT molecular complexity index is 410. The summed E-state index contributed by atoms with van der Waals surface area (Å²) in [6.45, 7) is 4.15. The maximum atomic E-state index is 12.8. The van der Waals surface area contributed by atoms with Gasteiger partial charge in [0.25, 0.3) is 0 Å². The Kier molecular flexibility index (Phi) is 3.97. The summed E-state index contributed by atoms with van der Waals surface area (Å²) in [7, 11) is 0. The van der Waals surface area contributed by atoms with Crippen LogP contribution < -0.4 is 10.6 Å². The van der Waals surface area contributed by atoms with Gasteiger partial charge in [-0.1, -0.05) is 19.1 Å². The maximum Gasteiger partial charge on any atom is 0.227 e. The highest BCUT2D eigenvalue weighted by molar-refractivity contribution is 5.83. The summed E-state index contributed by atoms with van der Waals surface area (Å²) >= 11 is 0. The number of nitrogens with one attached hydrogen (secondary N) is 2. The average Bonchev–Trinajstić information content (AvgIpc) is 2.88. The van der Waals surface area contributed by atoms with Crippen LogP contribution >= 0.6 is 0 Å². The minimum absolute atomic E-state index is 0.0966. The Hall–Kier alpha value is -1.42. The van der Waals surface area contributed by atoms with Crippen LogP contribution in [0.3, 0.4) is 0 Å². The summed E-state index contributed by atoms with van der Waals surface area (Å²) in [5.74, 6) is -0.158. The highest BCUT2D eigenvalue weighted by Gasteiger charge is 2.39. The van der Waals surface area contributed by atoms with E-state index in [0.717, 1.165) is 31.5 Å². The number of hydrogen-bond acceptors (Lipinski definition) is 2. The van der Waals surface area contributed by atoms with Gasteiger partial charge in [0.1, 0.15) is 5.82 Å². The molecule has 0 radical (unpaired) electrons. The second-order valence-corrected chi connectivity index (χ2v) is 4.87. The second kappa shape index (κ2) is 5.48.